The van der Waals surface area contributed by atoms with Crippen molar-refractivity contribution in [2.45, 2.75) is 83.8 Å². The summed E-state index contributed by atoms with van der Waals surface area (Å²) in [6.45, 7) is 5.24. The lowest BCUT2D eigenvalue weighted by Crippen LogP contribution is -2.30. The maximum Gasteiger partial charge on any atom is 0.309 e. The van der Waals surface area contributed by atoms with E-state index in [0.717, 1.165) is 32.1 Å². The van der Waals surface area contributed by atoms with Crippen molar-refractivity contribution in [3.63, 3.8) is 0 Å². The molecule has 0 radical (unpaired) electrons. The van der Waals surface area contributed by atoms with Gasteiger partial charge in [0.25, 0.3) is 0 Å². The third-order valence-electron chi connectivity index (χ3n) is 3.71. The standard InChI is InChI=1S/C17H28O6/c1-17(2,3)23-15(20)11-12(9-10-14(18)19)16(21)22-13-7-5-4-6-8-13/h12-13H,4-11H2,1-3H3,(H,18,19)/t12-/m1/s1. The summed E-state index contributed by atoms with van der Waals surface area (Å²) in [5, 5.41) is 8.82. The van der Waals surface area contributed by atoms with Crippen molar-refractivity contribution in [3.8, 4) is 0 Å². The number of carboxylic acid groups (broad SMARTS) is 1. The van der Waals surface area contributed by atoms with Crippen LogP contribution in [0.25, 0.3) is 0 Å². The number of hydrogen-bond acceptors (Lipinski definition) is 5. The number of carbonyl (C=O) groups excluding carboxylic acids is 2. The molecule has 0 bridgehead atoms. The van der Waals surface area contributed by atoms with E-state index in [9.17, 15) is 14.4 Å². The molecule has 0 aromatic rings. The van der Waals surface area contributed by atoms with E-state index in [-0.39, 0.29) is 25.4 Å². The van der Waals surface area contributed by atoms with Gasteiger partial charge in [-0.15, -0.1) is 0 Å². The lowest BCUT2D eigenvalue weighted by molar-refractivity contribution is -0.165. The summed E-state index contributed by atoms with van der Waals surface area (Å²) < 4.78 is 10.7. The molecule has 0 unspecified atom stereocenters. The van der Waals surface area contributed by atoms with Gasteiger partial charge in [0.05, 0.1) is 12.3 Å². The normalized spacial score (nSPS) is 17.3. The first-order chi connectivity index (χ1) is 10.7. The summed E-state index contributed by atoms with van der Waals surface area (Å²) in [5.74, 6) is -2.75. The fourth-order valence-electron chi connectivity index (χ4n) is 2.63. The Hall–Kier alpha value is -1.59. The minimum Gasteiger partial charge on any atom is -0.481 e. The molecule has 1 aliphatic rings. The number of esters is 2. The topological polar surface area (TPSA) is 89.9 Å². The van der Waals surface area contributed by atoms with Crippen LogP contribution in [0.1, 0.15) is 72.1 Å². The molecule has 1 atom stereocenters. The quantitative estimate of drug-likeness (QED) is 0.722. The summed E-state index contributed by atoms with van der Waals surface area (Å²) in [5.41, 5.74) is -0.637. The Morgan fingerprint density at radius 1 is 1.13 bits per heavy atom. The fraction of sp³-hybridized carbons (Fsp3) is 0.824. The van der Waals surface area contributed by atoms with Gasteiger partial charge >= 0.3 is 17.9 Å². The Morgan fingerprint density at radius 3 is 2.26 bits per heavy atom. The highest BCUT2D eigenvalue weighted by Crippen LogP contribution is 2.24. The highest BCUT2D eigenvalue weighted by Gasteiger charge is 2.29. The van der Waals surface area contributed by atoms with Crippen LogP contribution in [-0.2, 0) is 23.9 Å². The largest absolute Gasteiger partial charge is 0.481 e. The molecule has 1 fully saturated rings. The van der Waals surface area contributed by atoms with Crippen LogP contribution in [0, 0.1) is 5.92 Å². The third-order valence-corrected chi connectivity index (χ3v) is 3.71. The highest BCUT2D eigenvalue weighted by molar-refractivity contribution is 5.80. The Bertz CT molecular complexity index is 417. The number of ether oxygens (including phenoxy) is 2. The molecule has 0 aromatic carbocycles. The predicted molar refractivity (Wildman–Crippen MR) is 83.8 cm³/mol. The lowest BCUT2D eigenvalue weighted by Gasteiger charge is -2.25. The molecule has 132 valence electrons. The zero-order chi connectivity index (χ0) is 17.5. The van der Waals surface area contributed by atoms with Crippen LogP contribution < -0.4 is 0 Å². The number of aliphatic carboxylic acids is 1. The molecule has 1 saturated carbocycles. The molecule has 0 aliphatic heterocycles. The van der Waals surface area contributed by atoms with Crippen molar-refractivity contribution >= 4 is 17.9 Å². The van der Waals surface area contributed by atoms with Gasteiger partial charge in [0.1, 0.15) is 11.7 Å². The first kappa shape index (κ1) is 19.5. The summed E-state index contributed by atoms with van der Waals surface area (Å²) in [7, 11) is 0. The van der Waals surface area contributed by atoms with Crippen LogP contribution in [0.5, 0.6) is 0 Å². The van der Waals surface area contributed by atoms with E-state index in [1.54, 1.807) is 20.8 Å². The van der Waals surface area contributed by atoms with Crippen molar-refractivity contribution in [2.75, 3.05) is 0 Å². The Labute approximate surface area is 137 Å². The Balaban J connectivity index is 2.60. The van der Waals surface area contributed by atoms with E-state index >= 15 is 0 Å². The summed E-state index contributed by atoms with van der Waals surface area (Å²) in [4.78, 5) is 35.0. The molecule has 23 heavy (non-hydrogen) atoms. The molecular formula is C17H28O6. The maximum atomic E-state index is 12.3. The smallest absolute Gasteiger partial charge is 0.309 e. The maximum absolute atomic E-state index is 12.3. The SMILES string of the molecule is CC(C)(C)OC(=O)C[C@@H](CCC(=O)O)C(=O)OC1CCCCC1. The van der Waals surface area contributed by atoms with Crippen LogP contribution >= 0.6 is 0 Å². The average molecular weight is 328 g/mol. The second-order valence-electron chi connectivity index (χ2n) is 7.12. The second-order valence-corrected chi connectivity index (χ2v) is 7.12. The first-order valence-corrected chi connectivity index (χ1v) is 8.31. The van der Waals surface area contributed by atoms with Gasteiger partial charge in [0.2, 0.25) is 0 Å². The number of hydrogen-bond donors (Lipinski definition) is 1. The molecule has 0 spiro atoms. The van der Waals surface area contributed by atoms with Gasteiger partial charge in [-0.05, 0) is 52.9 Å². The Kier molecular flexibility index (Phi) is 7.52. The molecule has 1 rings (SSSR count). The summed E-state index contributed by atoms with van der Waals surface area (Å²) in [6, 6.07) is 0. The van der Waals surface area contributed by atoms with Crippen molar-refractivity contribution in [1.82, 2.24) is 0 Å². The average Bonchev–Trinajstić information content (AvgIpc) is 2.42. The van der Waals surface area contributed by atoms with Crippen LogP contribution in [0.15, 0.2) is 0 Å². The first-order valence-electron chi connectivity index (χ1n) is 8.31. The van der Waals surface area contributed by atoms with Gasteiger partial charge in [-0.25, -0.2) is 0 Å². The minimum absolute atomic E-state index is 0.0835. The number of carbonyl (C=O) groups is 3. The van der Waals surface area contributed by atoms with Gasteiger partial charge in [0.15, 0.2) is 0 Å². The third kappa shape index (κ3) is 8.57. The summed E-state index contributed by atoms with van der Waals surface area (Å²) >= 11 is 0. The monoisotopic (exact) mass is 328 g/mol. The van der Waals surface area contributed by atoms with Crippen molar-refractivity contribution in [3.05, 3.63) is 0 Å². The lowest BCUT2D eigenvalue weighted by atomic mass is 9.96. The zero-order valence-electron chi connectivity index (χ0n) is 14.3. The van der Waals surface area contributed by atoms with Gasteiger partial charge in [-0.2, -0.15) is 0 Å². The van der Waals surface area contributed by atoms with Crippen molar-refractivity contribution in [2.24, 2.45) is 5.92 Å². The van der Waals surface area contributed by atoms with E-state index in [2.05, 4.69) is 0 Å². The molecule has 1 aliphatic carbocycles. The van der Waals surface area contributed by atoms with Crippen LogP contribution in [-0.4, -0.2) is 34.7 Å². The van der Waals surface area contributed by atoms with E-state index in [1.165, 1.54) is 0 Å². The van der Waals surface area contributed by atoms with Gasteiger partial charge in [-0.1, -0.05) is 6.42 Å². The molecular weight excluding hydrogens is 300 g/mol. The molecule has 0 amide bonds. The molecule has 6 heteroatoms. The van der Waals surface area contributed by atoms with E-state index < -0.39 is 29.4 Å². The van der Waals surface area contributed by atoms with Gasteiger partial charge in [-0.3, -0.25) is 14.4 Å². The molecule has 6 nitrogen and oxygen atoms in total. The number of carboxylic acids is 1. The van der Waals surface area contributed by atoms with Crippen molar-refractivity contribution in [1.29, 1.82) is 0 Å². The number of rotatable bonds is 7. The fourth-order valence-corrected chi connectivity index (χ4v) is 2.63. The molecule has 0 saturated heterocycles. The van der Waals surface area contributed by atoms with Gasteiger partial charge < -0.3 is 14.6 Å². The summed E-state index contributed by atoms with van der Waals surface area (Å²) in [6.07, 6.45) is 4.54. The van der Waals surface area contributed by atoms with E-state index in [4.69, 9.17) is 14.6 Å². The molecule has 0 heterocycles. The van der Waals surface area contributed by atoms with Crippen LogP contribution in [0.2, 0.25) is 0 Å². The molecule has 0 aromatic heterocycles. The predicted octanol–water partition coefficient (Wildman–Crippen LogP) is 3.08. The minimum atomic E-state index is -0.996. The Morgan fingerprint density at radius 2 is 1.74 bits per heavy atom. The highest BCUT2D eigenvalue weighted by atomic mass is 16.6. The molecule has 1 N–H and O–H groups in total. The van der Waals surface area contributed by atoms with E-state index in [1.807, 2.05) is 0 Å². The van der Waals surface area contributed by atoms with E-state index in [0.29, 0.717) is 0 Å². The second kappa shape index (κ2) is 8.89. The zero-order valence-corrected chi connectivity index (χ0v) is 14.3. The van der Waals surface area contributed by atoms with Crippen molar-refractivity contribution < 1.29 is 29.0 Å². The van der Waals surface area contributed by atoms with Gasteiger partial charge in [0, 0.05) is 6.42 Å². The van der Waals surface area contributed by atoms with Crippen LogP contribution in [0.4, 0.5) is 0 Å². The van der Waals surface area contributed by atoms with Crippen LogP contribution in [0.3, 0.4) is 0 Å².